The molecular formula is C18H18Cl2N3S-. The van der Waals surface area contributed by atoms with E-state index < -0.39 is 0 Å². The largest absolute Gasteiger partial charge is 0.482 e. The van der Waals surface area contributed by atoms with Crippen molar-refractivity contribution < 1.29 is 0 Å². The summed E-state index contributed by atoms with van der Waals surface area (Å²) in [6.45, 7) is 2.42. The molecule has 0 heterocycles. The Morgan fingerprint density at radius 1 is 1.21 bits per heavy atom. The first-order valence-corrected chi connectivity index (χ1v) is 8.54. The molecule has 0 aliphatic carbocycles. The Morgan fingerprint density at radius 2 is 1.83 bits per heavy atom. The first kappa shape index (κ1) is 18.7. The molecule has 0 spiro atoms. The van der Waals surface area contributed by atoms with Crippen LogP contribution in [0.4, 0.5) is 0 Å². The lowest BCUT2D eigenvalue weighted by molar-refractivity contribution is 0.968. The van der Waals surface area contributed by atoms with E-state index in [2.05, 4.69) is 17.6 Å². The lowest BCUT2D eigenvalue weighted by atomic mass is 10.1. The molecule has 126 valence electrons. The Labute approximate surface area is 157 Å². The quantitative estimate of drug-likeness (QED) is 0.397. The predicted molar refractivity (Wildman–Crippen MR) is 107 cm³/mol. The second kappa shape index (κ2) is 8.47. The number of amidine groups is 1. The Bertz CT molecular complexity index is 784. The van der Waals surface area contributed by atoms with E-state index in [0.717, 1.165) is 28.0 Å². The van der Waals surface area contributed by atoms with Gasteiger partial charge in [-0.25, -0.2) is 0 Å². The van der Waals surface area contributed by atoms with Gasteiger partial charge in [-0.1, -0.05) is 41.2 Å². The van der Waals surface area contributed by atoms with Gasteiger partial charge in [0.15, 0.2) is 0 Å². The summed E-state index contributed by atoms with van der Waals surface area (Å²) in [6, 6.07) is 11.3. The molecule has 0 bridgehead atoms. The van der Waals surface area contributed by atoms with Gasteiger partial charge in [0, 0.05) is 16.2 Å². The maximum absolute atomic E-state index is 7.94. The maximum atomic E-state index is 7.94. The van der Waals surface area contributed by atoms with Crippen molar-refractivity contribution in [2.45, 2.75) is 18.2 Å². The molecule has 0 aromatic heterocycles. The highest BCUT2D eigenvalue weighted by Crippen LogP contribution is 2.28. The number of rotatable bonds is 5. The third-order valence-corrected chi connectivity index (χ3v) is 4.51. The lowest BCUT2D eigenvalue weighted by Crippen LogP contribution is -2.02. The minimum absolute atomic E-state index is 0.129. The van der Waals surface area contributed by atoms with Crippen LogP contribution >= 0.6 is 35.8 Å². The molecule has 2 rings (SSSR count). The highest BCUT2D eigenvalue weighted by Gasteiger charge is 2.06. The fourth-order valence-electron chi connectivity index (χ4n) is 2.20. The monoisotopic (exact) mass is 378 g/mol. The summed E-state index contributed by atoms with van der Waals surface area (Å²) in [5, 5.41) is 0.919. The van der Waals surface area contributed by atoms with Crippen LogP contribution in [-0.4, -0.2) is 12.4 Å². The van der Waals surface area contributed by atoms with Crippen LogP contribution in [0.5, 0.6) is 0 Å². The number of benzene rings is 2. The third kappa shape index (κ3) is 5.20. The summed E-state index contributed by atoms with van der Waals surface area (Å²) in [5.74, 6) is 0.129. The summed E-state index contributed by atoms with van der Waals surface area (Å²) >= 11 is 16.3. The standard InChI is InChI=1S/C18H18Cl2N3S/c1-11-8-15(19)16(20)9-14(11)17(21)10-18(22)23-7-6-12-2-4-13(24)5-3-12/h2-5,8-10H,6-7H2,1H3,(H4-,21,22,23,24)/q-1. The van der Waals surface area contributed by atoms with Crippen LogP contribution < -0.4 is 5.73 Å². The number of aliphatic imine (C=N–C) groups is 1. The minimum Gasteiger partial charge on any atom is -0.482 e. The first-order valence-electron chi connectivity index (χ1n) is 7.34. The second-order valence-corrected chi connectivity index (χ2v) is 6.70. The highest BCUT2D eigenvalue weighted by atomic mass is 35.5. The topological polar surface area (TPSA) is 62.2 Å². The van der Waals surface area contributed by atoms with Gasteiger partial charge in [0.2, 0.25) is 0 Å². The molecule has 0 saturated heterocycles. The molecule has 2 aromatic carbocycles. The van der Waals surface area contributed by atoms with Gasteiger partial charge in [-0.05, 0) is 61.4 Å². The van der Waals surface area contributed by atoms with Crippen molar-refractivity contribution in [2.75, 3.05) is 6.54 Å². The van der Waals surface area contributed by atoms with Crippen molar-refractivity contribution >= 4 is 47.4 Å². The molecule has 6 heteroatoms. The number of halogens is 2. The molecule has 2 aromatic rings. The third-order valence-electron chi connectivity index (χ3n) is 3.49. The molecule has 0 unspecified atom stereocenters. The lowest BCUT2D eigenvalue weighted by Gasteiger charge is -2.11. The van der Waals surface area contributed by atoms with Crippen LogP contribution in [0.2, 0.25) is 10.0 Å². The second-order valence-electron chi connectivity index (χ2n) is 5.36. The van der Waals surface area contributed by atoms with E-state index >= 15 is 0 Å². The van der Waals surface area contributed by atoms with Crippen LogP contribution in [0.25, 0.3) is 11.4 Å². The SMILES string of the molecule is Cc1cc(Cl)c(Cl)cc1/C(N)=C/C([NH-])=NCCc1ccc(S)cc1. The van der Waals surface area contributed by atoms with E-state index in [1.807, 2.05) is 31.2 Å². The highest BCUT2D eigenvalue weighted by molar-refractivity contribution is 7.80. The van der Waals surface area contributed by atoms with Gasteiger partial charge in [-0.3, -0.25) is 0 Å². The summed E-state index contributed by atoms with van der Waals surface area (Å²) in [5.41, 5.74) is 17.3. The molecule has 0 aliphatic heterocycles. The van der Waals surface area contributed by atoms with Crippen LogP contribution in [0.15, 0.2) is 52.4 Å². The zero-order valence-electron chi connectivity index (χ0n) is 13.2. The van der Waals surface area contributed by atoms with Gasteiger partial charge in [0.05, 0.1) is 10.0 Å². The van der Waals surface area contributed by atoms with E-state index in [1.54, 1.807) is 12.1 Å². The molecule has 3 nitrogen and oxygen atoms in total. The summed E-state index contributed by atoms with van der Waals surface area (Å²) < 4.78 is 0. The number of nitrogens with two attached hydrogens (primary N) is 1. The molecule has 0 atom stereocenters. The van der Waals surface area contributed by atoms with E-state index in [1.165, 1.54) is 6.08 Å². The molecular weight excluding hydrogens is 361 g/mol. The predicted octanol–water partition coefficient (Wildman–Crippen LogP) is 5.58. The van der Waals surface area contributed by atoms with Gasteiger partial charge in [-0.2, -0.15) is 0 Å². The number of aryl methyl sites for hydroxylation is 1. The molecule has 24 heavy (non-hydrogen) atoms. The fraction of sp³-hybridized carbons (Fsp3) is 0.167. The molecule has 0 aliphatic rings. The van der Waals surface area contributed by atoms with E-state index in [-0.39, 0.29) is 5.84 Å². The average Bonchev–Trinajstić information content (AvgIpc) is 2.52. The van der Waals surface area contributed by atoms with E-state index in [4.69, 9.17) is 34.7 Å². The van der Waals surface area contributed by atoms with Crippen molar-refractivity contribution in [3.8, 4) is 0 Å². The van der Waals surface area contributed by atoms with Gasteiger partial charge >= 0.3 is 0 Å². The van der Waals surface area contributed by atoms with Crippen LogP contribution in [0, 0.1) is 6.92 Å². The van der Waals surface area contributed by atoms with Crippen LogP contribution in [-0.2, 0) is 6.42 Å². The molecule has 3 N–H and O–H groups in total. The van der Waals surface area contributed by atoms with E-state index in [9.17, 15) is 0 Å². The summed E-state index contributed by atoms with van der Waals surface area (Å²) in [4.78, 5) is 5.15. The van der Waals surface area contributed by atoms with Gasteiger partial charge in [0.1, 0.15) is 0 Å². The molecule has 0 fully saturated rings. The Balaban J connectivity index is 2.06. The normalized spacial score (nSPS) is 12.5. The number of hydrogen-bond acceptors (Lipinski definition) is 3. The molecule has 0 amide bonds. The fourth-order valence-corrected chi connectivity index (χ4v) is 2.73. The number of thiol groups is 1. The van der Waals surface area contributed by atoms with Gasteiger partial charge in [-0.15, -0.1) is 12.6 Å². The molecule has 0 saturated carbocycles. The van der Waals surface area contributed by atoms with Crippen molar-refractivity contribution in [3.63, 3.8) is 0 Å². The van der Waals surface area contributed by atoms with Crippen LogP contribution in [0.1, 0.15) is 16.7 Å². The smallest absolute Gasteiger partial charge is 0.0599 e. The van der Waals surface area contributed by atoms with Gasteiger partial charge < -0.3 is 16.5 Å². The Kier molecular flexibility index (Phi) is 6.60. The maximum Gasteiger partial charge on any atom is 0.0599 e. The number of nitrogens with one attached hydrogen (secondary N) is 1. The van der Waals surface area contributed by atoms with Gasteiger partial charge in [0.25, 0.3) is 0 Å². The Hall–Kier alpha value is -1.62. The number of nitrogens with zero attached hydrogens (tertiary/aromatic N) is 1. The van der Waals surface area contributed by atoms with Crippen molar-refractivity contribution in [3.05, 3.63) is 74.9 Å². The van der Waals surface area contributed by atoms with Crippen LogP contribution in [0.3, 0.4) is 0 Å². The van der Waals surface area contributed by atoms with Crippen molar-refractivity contribution in [1.82, 2.24) is 0 Å². The Morgan fingerprint density at radius 3 is 2.50 bits per heavy atom. The average molecular weight is 379 g/mol. The van der Waals surface area contributed by atoms with Crippen molar-refractivity contribution in [2.24, 2.45) is 10.7 Å². The van der Waals surface area contributed by atoms with E-state index in [0.29, 0.717) is 22.3 Å². The summed E-state index contributed by atoms with van der Waals surface area (Å²) in [6.07, 6.45) is 2.29. The number of hydrogen-bond donors (Lipinski definition) is 2. The molecule has 0 radical (unpaired) electrons. The summed E-state index contributed by atoms with van der Waals surface area (Å²) in [7, 11) is 0. The zero-order chi connectivity index (χ0) is 17.7. The zero-order valence-corrected chi connectivity index (χ0v) is 15.6. The minimum atomic E-state index is 0.129. The van der Waals surface area contributed by atoms with Crippen molar-refractivity contribution in [1.29, 1.82) is 0 Å². The first-order chi connectivity index (χ1) is 11.4.